The molecule has 1 aliphatic heterocycles. The standard InChI is InChI=1S/C6H10ClN/c1-5-3-4-6(7)8(5)2/h3,6H,4H2,1-2H3. The van der Waals surface area contributed by atoms with Gasteiger partial charge in [-0.15, -0.1) is 0 Å². The van der Waals surface area contributed by atoms with Crippen molar-refractivity contribution in [2.75, 3.05) is 7.05 Å². The Morgan fingerprint density at radius 2 is 2.50 bits per heavy atom. The van der Waals surface area contributed by atoms with Gasteiger partial charge in [-0.1, -0.05) is 17.7 Å². The number of hydrogen-bond acceptors (Lipinski definition) is 1. The molecule has 0 radical (unpaired) electrons. The number of nitrogens with zero attached hydrogens (tertiary/aromatic N) is 1. The highest BCUT2D eigenvalue weighted by molar-refractivity contribution is 6.20. The van der Waals surface area contributed by atoms with Crippen LogP contribution in [0.5, 0.6) is 0 Å². The molecule has 0 bridgehead atoms. The smallest absolute Gasteiger partial charge is 0.107 e. The molecule has 0 saturated carbocycles. The normalized spacial score (nSPS) is 28.6. The quantitative estimate of drug-likeness (QED) is 0.358. The van der Waals surface area contributed by atoms with E-state index in [0.717, 1.165) is 6.42 Å². The van der Waals surface area contributed by atoms with Gasteiger partial charge in [0.1, 0.15) is 5.50 Å². The van der Waals surface area contributed by atoms with Gasteiger partial charge in [-0.3, -0.25) is 0 Å². The lowest BCUT2D eigenvalue weighted by Crippen LogP contribution is -2.18. The van der Waals surface area contributed by atoms with Gasteiger partial charge in [-0.2, -0.15) is 0 Å². The molecule has 0 amide bonds. The summed E-state index contributed by atoms with van der Waals surface area (Å²) < 4.78 is 0. The topological polar surface area (TPSA) is 3.24 Å². The van der Waals surface area contributed by atoms with Crippen molar-refractivity contribution in [2.45, 2.75) is 18.8 Å². The van der Waals surface area contributed by atoms with E-state index in [2.05, 4.69) is 17.9 Å². The average Bonchev–Trinajstić information content (AvgIpc) is 1.98. The van der Waals surface area contributed by atoms with Crippen molar-refractivity contribution in [1.82, 2.24) is 4.90 Å². The van der Waals surface area contributed by atoms with Gasteiger partial charge in [-0.05, 0) is 6.92 Å². The molecule has 46 valence electrons. The third-order valence-electron chi connectivity index (χ3n) is 1.58. The Morgan fingerprint density at radius 1 is 1.88 bits per heavy atom. The summed E-state index contributed by atoms with van der Waals surface area (Å²) in [7, 11) is 2.01. The molecule has 1 nitrogen and oxygen atoms in total. The van der Waals surface area contributed by atoms with Crippen molar-refractivity contribution in [3.05, 3.63) is 11.8 Å². The third kappa shape index (κ3) is 0.826. The summed E-state index contributed by atoms with van der Waals surface area (Å²) in [6, 6.07) is 0. The highest BCUT2D eigenvalue weighted by Gasteiger charge is 2.15. The molecule has 0 fully saturated rings. The first-order chi connectivity index (χ1) is 3.72. The Hall–Kier alpha value is -0.170. The van der Waals surface area contributed by atoms with E-state index in [4.69, 9.17) is 11.6 Å². The highest BCUT2D eigenvalue weighted by Crippen LogP contribution is 2.21. The fraction of sp³-hybridized carbons (Fsp3) is 0.667. The Kier molecular flexibility index (Phi) is 1.47. The summed E-state index contributed by atoms with van der Waals surface area (Å²) in [4.78, 5) is 2.07. The number of allylic oxidation sites excluding steroid dienone is 1. The predicted molar refractivity (Wildman–Crippen MR) is 35.8 cm³/mol. The van der Waals surface area contributed by atoms with Crippen molar-refractivity contribution in [3.8, 4) is 0 Å². The van der Waals surface area contributed by atoms with E-state index in [-0.39, 0.29) is 5.50 Å². The lowest BCUT2D eigenvalue weighted by Gasteiger charge is -2.16. The molecule has 1 rings (SSSR count). The van der Waals surface area contributed by atoms with Crippen LogP contribution in [-0.2, 0) is 0 Å². The summed E-state index contributed by atoms with van der Waals surface area (Å²) in [6.45, 7) is 2.07. The van der Waals surface area contributed by atoms with Gasteiger partial charge in [0.15, 0.2) is 0 Å². The van der Waals surface area contributed by atoms with Crippen LogP contribution < -0.4 is 0 Å². The van der Waals surface area contributed by atoms with Crippen LogP contribution in [0.4, 0.5) is 0 Å². The number of alkyl halides is 1. The SMILES string of the molecule is CC1=CCC(Cl)N1C. The number of rotatable bonds is 0. The molecule has 2 heteroatoms. The fourth-order valence-corrected chi connectivity index (χ4v) is 1.03. The summed E-state index contributed by atoms with van der Waals surface area (Å²) in [5.74, 6) is 0. The van der Waals surface area contributed by atoms with Crippen LogP contribution in [0.3, 0.4) is 0 Å². The summed E-state index contributed by atoms with van der Waals surface area (Å²) >= 11 is 5.83. The summed E-state index contributed by atoms with van der Waals surface area (Å²) in [5, 5.41) is 0. The molecular formula is C6H10ClN. The largest absolute Gasteiger partial charge is 0.362 e. The second-order valence-corrected chi connectivity index (χ2v) is 2.63. The Balaban J connectivity index is 2.59. The molecule has 0 aromatic carbocycles. The molecule has 0 aromatic heterocycles. The molecule has 1 aliphatic rings. The zero-order valence-corrected chi connectivity index (χ0v) is 5.94. The second-order valence-electron chi connectivity index (χ2n) is 2.13. The van der Waals surface area contributed by atoms with Gasteiger partial charge >= 0.3 is 0 Å². The monoisotopic (exact) mass is 131 g/mol. The molecule has 8 heavy (non-hydrogen) atoms. The first kappa shape index (κ1) is 5.96. The summed E-state index contributed by atoms with van der Waals surface area (Å²) in [5.41, 5.74) is 1.49. The van der Waals surface area contributed by atoms with Crippen molar-refractivity contribution >= 4 is 11.6 Å². The van der Waals surface area contributed by atoms with Crippen LogP contribution in [0, 0.1) is 0 Å². The van der Waals surface area contributed by atoms with Gasteiger partial charge in [0.05, 0.1) is 0 Å². The molecular weight excluding hydrogens is 122 g/mol. The van der Waals surface area contributed by atoms with Crippen molar-refractivity contribution < 1.29 is 0 Å². The molecule has 0 aromatic rings. The zero-order chi connectivity index (χ0) is 6.15. The summed E-state index contributed by atoms with van der Waals surface area (Å²) in [6.07, 6.45) is 3.14. The maximum absolute atomic E-state index is 5.83. The van der Waals surface area contributed by atoms with E-state index in [9.17, 15) is 0 Å². The molecule has 1 heterocycles. The Morgan fingerprint density at radius 3 is 2.62 bits per heavy atom. The second kappa shape index (κ2) is 1.98. The van der Waals surface area contributed by atoms with E-state index in [0.29, 0.717) is 0 Å². The van der Waals surface area contributed by atoms with Crippen molar-refractivity contribution in [2.24, 2.45) is 0 Å². The first-order valence-corrected chi connectivity index (χ1v) is 3.19. The minimum Gasteiger partial charge on any atom is -0.362 e. The van der Waals surface area contributed by atoms with Crippen LogP contribution in [-0.4, -0.2) is 17.4 Å². The molecule has 0 N–H and O–H groups in total. The van der Waals surface area contributed by atoms with E-state index < -0.39 is 0 Å². The van der Waals surface area contributed by atoms with Gasteiger partial charge in [0.2, 0.25) is 0 Å². The molecule has 0 spiro atoms. The van der Waals surface area contributed by atoms with E-state index in [1.54, 1.807) is 0 Å². The molecule has 1 unspecified atom stereocenters. The Labute approximate surface area is 54.9 Å². The van der Waals surface area contributed by atoms with Crippen LogP contribution in [0.1, 0.15) is 13.3 Å². The highest BCUT2D eigenvalue weighted by atomic mass is 35.5. The van der Waals surface area contributed by atoms with Crippen molar-refractivity contribution in [3.63, 3.8) is 0 Å². The molecule has 1 atom stereocenters. The van der Waals surface area contributed by atoms with E-state index in [1.807, 2.05) is 7.05 Å². The lowest BCUT2D eigenvalue weighted by molar-refractivity contribution is 0.421. The van der Waals surface area contributed by atoms with Crippen molar-refractivity contribution in [1.29, 1.82) is 0 Å². The molecule has 0 aliphatic carbocycles. The first-order valence-electron chi connectivity index (χ1n) is 2.75. The van der Waals surface area contributed by atoms with Crippen LogP contribution in [0.15, 0.2) is 11.8 Å². The predicted octanol–water partition coefficient (Wildman–Crippen LogP) is 1.79. The van der Waals surface area contributed by atoms with Gasteiger partial charge in [-0.25, -0.2) is 0 Å². The van der Waals surface area contributed by atoms with Crippen LogP contribution >= 0.6 is 11.6 Å². The maximum Gasteiger partial charge on any atom is 0.107 e. The lowest BCUT2D eigenvalue weighted by atomic mass is 10.4. The Bertz CT molecular complexity index is 120. The van der Waals surface area contributed by atoms with Gasteiger partial charge < -0.3 is 4.90 Å². The van der Waals surface area contributed by atoms with Crippen LogP contribution in [0.2, 0.25) is 0 Å². The number of hydrogen-bond donors (Lipinski definition) is 0. The third-order valence-corrected chi connectivity index (χ3v) is 2.06. The number of halogens is 1. The molecule has 0 saturated heterocycles. The van der Waals surface area contributed by atoms with E-state index >= 15 is 0 Å². The van der Waals surface area contributed by atoms with E-state index in [1.165, 1.54) is 5.70 Å². The van der Waals surface area contributed by atoms with Gasteiger partial charge in [0.25, 0.3) is 0 Å². The minimum absolute atomic E-state index is 0.204. The van der Waals surface area contributed by atoms with Gasteiger partial charge in [0, 0.05) is 19.2 Å². The maximum atomic E-state index is 5.83. The minimum atomic E-state index is 0.204. The fourth-order valence-electron chi connectivity index (χ4n) is 0.791. The van der Waals surface area contributed by atoms with Crippen LogP contribution in [0.25, 0.3) is 0 Å². The zero-order valence-electron chi connectivity index (χ0n) is 5.19. The average molecular weight is 132 g/mol.